The van der Waals surface area contributed by atoms with E-state index in [9.17, 15) is 0 Å². The van der Waals surface area contributed by atoms with Gasteiger partial charge in [0.05, 0.1) is 14.2 Å². The SMILES string of the molecule is COc1cc(C)c(C#N)nc1OC. The van der Waals surface area contributed by atoms with Gasteiger partial charge >= 0.3 is 0 Å². The first-order valence-electron chi connectivity index (χ1n) is 3.72. The Morgan fingerprint density at radius 1 is 1.38 bits per heavy atom. The Bertz CT molecular complexity index is 355. The molecule has 4 nitrogen and oxygen atoms in total. The second kappa shape index (κ2) is 3.76. The van der Waals surface area contributed by atoms with Crippen LogP contribution in [0.3, 0.4) is 0 Å². The minimum atomic E-state index is 0.338. The molecule has 1 aromatic rings. The van der Waals surface area contributed by atoms with E-state index in [2.05, 4.69) is 4.98 Å². The molecule has 0 amide bonds. The van der Waals surface area contributed by atoms with Gasteiger partial charge in [0.1, 0.15) is 11.8 Å². The van der Waals surface area contributed by atoms with Gasteiger partial charge in [-0.15, -0.1) is 0 Å². The van der Waals surface area contributed by atoms with Crippen LogP contribution < -0.4 is 9.47 Å². The van der Waals surface area contributed by atoms with Gasteiger partial charge in [0.2, 0.25) is 0 Å². The molecule has 1 aromatic heterocycles. The van der Waals surface area contributed by atoms with Crippen LogP contribution in [0.5, 0.6) is 11.6 Å². The van der Waals surface area contributed by atoms with Crippen molar-refractivity contribution in [2.45, 2.75) is 6.92 Å². The van der Waals surface area contributed by atoms with E-state index in [4.69, 9.17) is 14.7 Å². The number of ether oxygens (including phenoxy) is 2. The molecule has 1 rings (SSSR count). The van der Waals surface area contributed by atoms with Crippen LogP contribution in [0.4, 0.5) is 0 Å². The van der Waals surface area contributed by atoms with E-state index in [1.807, 2.05) is 6.07 Å². The van der Waals surface area contributed by atoms with Crippen LogP contribution >= 0.6 is 0 Å². The summed E-state index contributed by atoms with van der Waals surface area (Å²) in [6.45, 7) is 1.80. The average molecular weight is 178 g/mol. The zero-order valence-corrected chi connectivity index (χ0v) is 7.79. The minimum absolute atomic E-state index is 0.338. The van der Waals surface area contributed by atoms with Crippen LogP contribution in [0.15, 0.2) is 6.07 Å². The van der Waals surface area contributed by atoms with Crippen molar-refractivity contribution in [1.29, 1.82) is 5.26 Å². The maximum absolute atomic E-state index is 8.69. The van der Waals surface area contributed by atoms with Crippen molar-refractivity contribution in [3.05, 3.63) is 17.3 Å². The second-order valence-corrected chi connectivity index (χ2v) is 2.48. The van der Waals surface area contributed by atoms with Gasteiger partial charge in [-0.25, -0.2) is 0 Å². The molecule has 0 aliphatic heterocycles. The van der Waals surface area contributed by atoms with Crippen molar-refractivity contribution < 1.29 is 9.47 Å². The fourth-order valence-electron chi connectivity index (χ4n) is 0.977. The highest BCUT2D eigenvalue weighted by Crippen LogP contribution is 2.26. The Morgan fingerprint density at radius 2 is 2.08 bits per heavy atom. The Labute approximate surface area is 76.7 Å². The first kappa shape index (κ1) is 9.33. The third kappa shape index (κ3) is 1.70. The fourth-order valence-corrected chi connectivity index (χ4v) is 0.977. The van der Waals surface area contributed by atoms with Gasteiger partial charge in [-0.05, 0) is 18.6 Å². The van der Waals surface area contributed by atoms with Gasteiger partial charge < -0.3 is 9.47 Å². The predicted octanol–water partition coefficient (Wildman–Crippen LogP) is 1.28. The standard InChI is InChI=1S/C9H10N2O2/c1-6-4-8(12-2)9(13-3)11-7(6)5-10/h4H,1-3H3. The molecule has 4 heteroatoms. The van der Waals surface area contributed by atoms with Gasteiger partial charge in [-0.1, -0.05) is 0 Å². The molecular weight excluding hydrogens is 168 g/mol. The van der Waals surface area contributed by atoms with Crippen molar-refractivity contribution in [1.82, 2.24) is 4.98 Å². The smallest absolute Gasteiger partial charge is 0.258 e. The monoisotopic (exact) mass is 178 g/mol. The molecule has 0 aliphatic carbocycles. The molecule has 0 radical (unpaired) electrons. The summed E-state index contributed by atoms with van der Waals surface area (Å²) in [6, 6.07) is 3.70. The number of rotatable bonds is 2. The molecule has 0 N–H and O–H groups in total. The van der Waals surface area contributed by atoms with Crippen LogP contribution in [0.2, 0.25) is 0 Å². The van der Waals surface area contributed by atoms with E-state index in [0.29, 0.717) is 17.3 Å². The summed E-state index contributed by atoms with van der Waals surface area (Å²) in [6.07, 6.45) is 0. The van der Waals surface area contributed by atoms with Gasteiger partial charge in [0.15, 0.2) is 5.75 Å². The third-order valence-corrected chi connectivity index (χ3v) is 1.66. The van der Waals surface area contributed by atoms with Crippen LogP contribution in [0.1, 0.15) is 11.3 Å². The highest BCUT2D eigenvalue weighted by molar-refractivity contribution is 5.43. The molecule has 0 saturated heterocycles. The lowest BCUT2D eigenvalue weighted by Gasteiger charge is -2.07. The van der Waals surface area contributed by atoms with Gasteiger partial charge in [0, 0.05) is 0 Å². The maximum Gasteiger partial charge on any atom is 0.258 e. The van der Waals surface area contributed by atoms with Crippen molar-refractivity contribution in [3.8, 4) is 17.7 Å². The topological polar surface area (TPSA) is 55.1 Å². The summed E-state index contributed by atoms with van der Waals surface area (Å²) in [4.78, 5) is 3.97. The summed E-state index contributed by atoms with van der Waals surface area (Å²) in [5.74, 6) is 0.878. The molecular formula is C9H10N2O2. The Hall–Kier alpha value is -1.76. The van der Waals surface area contributed by atoms with Crippen molar-refractivity contribution >= 4 is 0 Å². The summed E-state index contributed by atoms with van der Waals surface area (Å²) in [5.41, 5.74) is 1.14. The number of methoxy groups -OCH3 is 2. The lowest BCUT2D eigenvalue weighted by molar-refractivity contribution is 0.342. The van der Waals surface area contributed by atoms with Crippen LogP contribution in [-0.4, -0.2) is 19.2 Å². The molecule has 0 saturated carbocycles. The number of aromatic nitrogens is 1. The first-order valence-corrected chi connectivity index (χ1v) is 3.72. The number of pyridine rings is 1. The quantitative estimate of drug-likeness (QED) is 0.684. The largest absolute Gasteiger partial charge is 0.491 e. The molecule has 1 heterocycles. The molecule has 0 fully saturated rings. The lowest BCUT2D eigenvalue weighted by atomic mass is 10.2. The third-order valence-electron chi connectivity index (χ3n) is 1.66. The Kier molecular flexibility index (Phi) is 2.70. The van der Waals surface area contributed by atoms with Crippen LogP contribution in [-0.2, 0) is 0 Å². The molecule has 13 heavy (non-hydrogen) atoms. The van der Waals surface area contributed by atoms with E-state index < -0.39 is 0 Å². The zero-order chi connectivity index (χ0) is 9.84. The van der Waals surface area contributed by atoms with Crippen molar-refractivity contribution in [2.24, 2.45) is 0 Å². The van der Waals surface area contributed by atoms with E-state index in [1.54, 1.807) is 13.0 Å². The molecule has 0 bridgehead atoms. The highest BCUT2D eigenvalue weighted by atomic mass is 16.5. The number of hydrogen-bond donors (Lipinski definition) is 0. The van der Waals surface area contributed by atoms with E-state index in [0.717, 1.165) is 5.56 Å². The normalized spacial score (nSPS) is 9.08. The van der Waals surface area contributed by atoms with Gasteiger partial charge in [-0.2, -0.15) is 10.2 Å². The first-order chi connectivity index (χ1) is 6.22. The predicted molar refractivity (Wildman–Crippen MR) is 46.8 cm³/mol. The summed E-state index contributed by atoms with van der Waals surface area (Å²) in [5, 5.41) is 8.69. The molecule has 68 valence electrons. The summed E-state index contributed by atoms with van der Waals surface area (Å²) >= 11 is 0. The number of nitrogens with zero attached hydrogens (tertiary/aromatic N) is 2. The maximum atomic E-state index is 8.69. The summed E-state index contributed by atoms with van der Waals surface area (Å²) in [7, 11) is 3.02. The van der Waals surface area contributed by atoms with E-state index in [-0.39, 0.29) is 0 Å². The van der Waals surface area contributed by atoms with Crippen molar-refractivity contribution in [2.75, 3.05) is 14.2 Å². The number of aryl methyl sites for hydroxylation is 1. The van der Waals surface area contributed by atoms with Crippen LogP contribution in [0.25, 0.3) is 0 Å². The second-order valence-electron chi connectivity index (χ2n) is 2.48. The summed E-state index contributed by atoms with van der Waals surface area (Å²) < 4.78 is 9.97. The highest BCUT2D eigenvalue weighted by Gasteiger charge is 2.09. The molecule has 0 unspecified atom stereocenters. The molecule has 0 atom stereocenters. The molecule has 0 aliphatic rings. The fraction of sp³-hybridized carbons (Fsp3) is 0.333. The van der Waals surface area contributed by atoms with Gasteiger partial charge in [0.25, 0.3) is 5.88 Å². The van der Waals surface area contributed by atoms with E-state index >= 15 is 0 Å². The zero-order valence-electron chi connectivity index (χ0n) is 7.79. The Balaban J connectivity index is 3.28. The minimum Gasteiger partial charge on any atom is -0.491 e. The Morgan fingerprint density at radius 3 is 2.54 bits per heavy atom. The lowest BCUT2D eigenvalue weighted by Crippen LogP contribution is -1.97. The number of nitriles is 1. The molecule has 0 aromatic carbocycles. The van der Waals surface area contributed by atoms with Crippen molar-refractivity contribution in [3.63, 3.8) is 0 Å². The average Bonchev–Trinajstić information content (AvgIpc) is 2.17. The van der Waals surface area contributed by atoms with Crippen LogP contribution in [0, 0.1) is 18.3 Å². The number of hydrogen-bond acceptors (Lipinski definition) is 4. The molecule has 0 spiro atoms. The van der Waals surface area contributed by atoms with E-state index in [1.165, 1.54) is 14.2 Å². The van der Waals surface area contributed by atoms with Gasteiger partial charge in [-0.3, -0.25) is 0 Å².